The van der Waals surface area contributed by atoms with Crippen LogP contribution < -0.4 is 5.32 Å². The van der Waals surface area contributed by atoms with Gasteiger partial charge in [0.2, 0.25) is 5.01 Å². The number of carbonyl (C=O) groups is 2. The van der Waals surface area contributed by atoms with Crippen LogP contribution in [0.25, 0.3) is 0 Å². The Morgan fingerprint density at radius 2 is 2.32 bits per heavy atom. The number of esters is 1. The van der Waals surface area contributed by atoms with Gasteiger partial charge in [-0.1, -0.05) is 12.8 Å². The van der Waals surface area contributed by atoms with Gasteiger partial charge in [0.15, 0.2) is 0 Å². The van der Waals surface area contributed by atoms with Crippen LogP contribution in [0.2, 0.25) is 0 Å². The van der Waals surface area contributed by atoms with Crippen LogP contribution in [0.1, 0.15) is 52.6 Å². The Hall–Kier alpha value is -1.43. The zero-order valence-electron chi connectivity index (χ0n) is 11.1. The van der Waals surface area contributed by atoms with E-state index in [9.17, 15) is 9.59 Å². The highest BCUT2D eigenvalue weighted by Crippen LogP contribution is 2.33. The van der Waals surface area contributed by atoms with Crippen LogP contribution in [0.4, 0.5) is 0 Å². The summed E-state index contributed by atoms with van der Waals surface area (Å²) < 4.78 is 4.84. The lowest BCUT2D eigenvalue weighted by Crippen LogP contribution is -2.32. The highest BCUT2D eigenvalue weighted by atomic mass is 32.1. The van der Waals surface area contributed by atoms with Gasteiger partial charge in [0, 0.05) is 6.04 Å². The van der Waals surface area contributed by atoms with Gasteiger partial charge in [0.25, 0.3) is 5.91 Å². The Morgan fingerprint density at radius 3 is 2.95 bits per heavy atom. The number of ether oxygens (including phenoxy) is 1. The molecular weight excluding hydrogens is 264 g/mol. The van der Waals surface area contributed by atoms with Gasteiger partial charge in [-0.25, -0.2) is 9.78 Å². The fourth-order valence-electron chi connectivity index (χ4n) is 1.87. The van der Waals surface area contributed by atoms with Crippen molar-refractivity contribution in [1.82, 2.24) is 10.3 Å². The molecule has 5 nitrogen and oxygen atoms in total. The molecule has 1 fully saturated rings. The number of hydrogen-bond donors (Lipinski definition) is 1. The molecule has 0 aromatic carbocycles. The Kier molecular flexibility index (Phi) is 4.52. The zero-order chi connectivity index (χ0) is 13.8. The first-order valence-corrected chi connectivity index (χ1v) is 7.35. The molecule has 0 bridgehead atoms. The third-order valence-corrected chi connectivity index (χ3v) is 3.92. The van der Waals surface area contributed by atoms with Gasteiger partial charge in [-0.3, -0.25) is 4.79 Å². The predicted molar refractivity (Wildman–Crippen MR) is 72.3 cm³/mol. The summed E-state index contributed by atoms with van der Waals surface area (Å²) in [6, 6.07) is 0.160. The molecule has 1 atom stereocenters. The number of hydrogen-bond acceptors (Lipinski definition) is 5. The smallest absolute Gasteiger partial charge is 0.367 e. The third-order valence-electron chi connectivity index (χ3n) is 2.94. The standard InChI is InChI=1S/C13H18N2O3S/c1-3-18-13(17)12-14-7-10(19-12)11(16)15-8(2)6-9-4-5-9/h7-9H,3-6H2,1-2H3,(H,15,16). The number of thiazole rings is 1. The van der Waals surface area contributed by atoms with Gasteiger partial charge in [-0.15, -0.1) is 11.3 Å². The summed E-state index contributed by atoms with van der Waals surface area (Å²) in [4.78, 5) is 27.8. The normalized spacial score (nSPS) is 15.9. The van der Waals surface area contributed by atoms with Crippen molar-refractivity contribution >= 4 is 23.2 Å². The minimum Gasteiger partial charge on any atom is -0.461 e. The number of amides is 1. The van der Waals surface area contributed by atoms with Crippen LogP contribution in [0.5, 0.6) is 0 Å². The Bertz CT molecular complexity index is 468. The third kappa shape index (κ3) is 4.02. The Balaban J connectivity index is 1.89. The lowest BCUT2D eigenvalue weighted by atomic mass is 10.1. The second-order valence-corrected chi connectivity index (χ2v) is 5.83. The van der Waals surface area contributed by atoms with Crippen LogP contribution in [0.15, 0.2) is 6.20 Å². The molecule has 0 saturated heterocycles. The molecule has 6 heteroatoms. The average molecular weight is 282 g/mol. The molecule has 1 saturated carbocycles. The number of nitrogens with one attached hydrogen (secondary N) is 1. The van der Waals surface area contributed by atoms with Crippen molar-refractivity contribution in [3.63, 3.8) is 0 Å². The van der Waals surface area contributed by atoms with Crippen molar-refractivity contribution in [2.24, 2.45) is 5.92 Å². The maximum atomic E-state index is 12.0. The zero-order valence-corrected chi connectivity index (χ0v) is 12.0. The molecule has 1 heterocycles. The van der Waals surface area contributed by atoms with Gasteiger partial charge >= 0.3 is 5.97 Å². The molecule has 0 radical (unpaired) electrons. The van der Waals surface area contributed by atoms with Gasteiger partial charge in [-0.2, -0.15) is 0 Å². The molecule has 0 spiro atoms. The van der Waals surface area contributed by atoms with E-state index in [1.165, 1.54) is 19.0 Å². The van der Waals surface area contributed by atoms with E-state index in [2.05, 4.69) is 10.3 Å². The maximum absolute atomic E-state index is 12.0. The molecule has 19 heavy (non-hydrogen) atoms. The van der Waals surface area contributed by atoms with Crippen molar-refractivity contribution in [3.8, 4) is 0 Å². The van der Waals surface area contributed by atoms with E-state index in [-0.39, 0.29) is 17.0 Å². The molecule has 1 unspecified atom stereocenters. The molecule has 1 aromatic heterocycles. The summed E-state index contributed by atoms with van der Waals surface area (Å²) in [5.74, 6) is 0.130. The number of carbonyl (C=O) groups excluding carboxylic acids is 2. The first kappa shape index (κ1) is 14.0. The summed E-state index contributed by atoms with van der Waals surface area (Å²) in [6.45, 7) is 4.04. The topological polar surface area (TPSA) is 68.3 Å². The van der Waals surface area contributed by atoms with Crippen LogP contribution in [0, 0.1) is 5.92 Å². The van der Waals surface area contributed by atoms with E-state index in [0.29, 0.717) is 11.5 Å². The minimum atomic E-state index is -0.474. The van der Waals surface area contributed by atoms with E-state index >= 15 is 0 Å². The fraction of sp³-hybridized carbons (Fsp3) is 0.615. The molecule has 1 N–H and O–H groups in total. The first-order valence-electron chi connectivity index (χ1n) is 6.54. The Morgan fingerprint density at radius 1 is 1.58 bits per heavy atom. The van der Waals surface area contributed by atoms with Gasteiger partial charge in [0.1, 0.15) is 4.88 Å². The van der Waals surface area contributed by atoms with E-state index < -0.39 is 5.97 Å². The van der Waals surface area contributed by atoms with Crippen LogP contribution in [-0.4, -0.2) is 29.5 Å². The summed E-state index contributed by atoms with van der Waals surface area (Å²) in [7, 11) is 0. The summed E-state index contributed by atoms with van der Waals surface area (Å²) >= 11 is 1.07. The number of rotatable bonds is 6. The van der Waals surface area contributed by atoms with Crippen molar-refractivity contribution in [2.45, 2.75) is 39.2 Å². The van der Waals surface area contributed by atoms with Crippen LogP contribution in [-0.2, 0) is 4.74 Å². The van der Waals surface area contributed by atoms with Crippen LogP contribution in [0.3, 0.4) is 0 Å². The molecule has 2 rings (SSSR count). The lowest BCUT2D eigenvalue weighted by molar-refractivity contribution is 0.0526. The largest absolute Gasteiger partial charge is 0.461 e. The SMILES string of the molecule is CCOC(=O)c1ncc(C(=O)NC(C)CC2CC2)s1. The van der Waals surface area contributed by atoms with Crippen molar-refractivity contribution in [2.75, 3.05) is 6.61 Å². The van der Waals surface area contributed by atoms with Crippen molar-refractivity contribution in [1.29, 1.82) is 0 Å². The van der Waals surface area contributed by atoms with E-state index in [4.69, 9.17) is 4.74 Å². The maximum Gasteiger partial charge on any atom is 0.367 e. The summed E-state index contributed by atoms with van der Waals surface area (Å²) in [5.41, 5.74) is 0. The predicted octanol–water partition coefficient (Wildman–Crippen LogP) is 2.24. The van der Waals surface area contributed by atoms with Crippen LogP contribution >= 0.6 is 11.3 Å². The molecule has 1 aliphatic carbocycles. The average Bonchev–Trinajstić information content (AvgIpc) is 3.02. The first-order chi connectivity index (χ1) is 9.10. The van der Waals surface area contributed by atoms with Gasteiger partial charge in [0.05, 0.1) is 12.8 Å². The van der Waals surface area contributed by atoms with Crippen molar-refractivity contribution < 1.29 is 14.3 Å². The highest BCUT2D eigenvalue weighted by molar-refractivity contribution is 7.15. The molecule has 0 aliphatic heterocycles. The van der Waals surface area contributed by atoms with E-state index in [1.54, 1.807) is 6.92 Å². The van der Waals surface area contributed by atoms with Crippen molar-refractivity contribution in [3.05, 3.63) is 16.1 Å². The number of nitrogens with zero attached hydrogens (tertiary/aromatic N) is 1. The van der Waals surface area contributed by atoms with E-state index in [1.807, 2.05) is 6.92 Å². The lowest BCUT2D eigenvalue weighted by Gasteiger charge is -2.11. The van der Waals surface area contributed by atoms with Gasteiger partial charge < -0.3 is 10.1 Å². The summed E-state index contributed by atoms with van der Waals surface area (Å²) in [6.07, 6.45) is 4.99. The highest BCUT2D eigenvalue weighted by Gasteiger charge is 2.25. The fourth-order valence-corrected chi connectivity index (χ4v) is 2.59. The molecule has 1 amide bonds. The molecule has 1 aliphatic rings. The summed E-state index contributed by atoms with van der Waals surface area (Å²) in [5, 5.41) is 3.16. The van der Waals surface area contributed by atoms with E-state index in [0.717, 1.165) is 23.7 Å². The second kappa shape index (κ2) is 6.14. The minimum absolute atomic E-state index is 0.160. The molecule has 1 aromatic rings. The number of aromatic nitrogens is 1. The molecule has 104 valence electrons. The van der Waals surface area contributed by atoms with Gasteiger partial charge in [-0.05, 0) is 26.2 Å². The Labute approximate surface area is 116 Å². The quantitative estimate of drug-likeness (QED) is 0.812. The molecular formula is C13H18N2O3S. The monoisotopic (exact) mass is 282 g/mol. The second-order valence-electron chi connectivity index (χ2n) is 4.80.